The van der Waals surface area contributed by atoms with Crippen molar-refractivity contribution in [3.8, 4) is 11.3 Å². The van der Waals surface area contributed by atoms with E-state index in [1.165, 1.54) is 11.1 Å². The molecule has 0 amide bonds. The van der Waals surface area contributed by atoms with Gasteiger partial charge in [-0.15, -0.1) is 0 Å². The summed E-state index contributed by atoms with van der Waals surface area (Å²) >= 11 is 0. The van der Waals surface area contributed by atoms with Crippen molar-refractivity contribution in [2.24, 2.45) is 10.9 Å². The van der Waals surface area contributed by atoms with Gasteiger partial charge in [0.05, 0.1) is 12.6 Å². The van der Waals surface area contributed by atoms with Crippen LogP contribution in [0.3, 0.4) is 0 Å². The number of likely N-dealkylation sites (tertiary alicyclic amines) is 1. The highest BCUT2D eigenvalue weighted by Gasteiger charge is 2.36. The Bertz CT molecular complexity index is 1140. The van der Waals surface area contributed by atoms with Crippen LogP contribution < -0.4 is 0 Å². The number of aliphatic imine (C=N–C) groups is 1. The summed E-state index contributed by atoms with van der Waals surface area (Å²) in [7, 11) is 0. The van der Waals surface area contributed by atoms with E-state index in [1.54, 1.807) is 0 Å². The van der Waals surface area contributed by atoms with E-state index in [1.807, 2.05) is 19.2 Å². The highest BCUT2D eigenvalue weighted by molar-refractivity contribution is 5.57. The van der Waals surface area contributed by atoms with Crippen LogP contribution in [-0.4, -0.2) is 30.2 Å². The van der Waals surface area contributed by atoms with Crippen LogP contribution >= 0.6 is 0 Å². The third-order valence-electron chi connectivity index (χ3n) is 6.89. The lowest BCUT2D eigenvalue weighted by molar-refractivity contribution is 0.131. The Morgan fingerprint density at radius 1 is 0.853 bits per heavy atom. The van der Waals surface area contributed by atoms with Gasteiger partial charge >= 0.3 is 0 Å². The zero-order valence-electron chi connectivity index (χ0n) is 19.8. The molecule has 5 rings (SSSR count). The zero-order chi connectivity index (χ0) is 23.2. The maximum atomic E-state index is 6.24. The summed E-state index contributed by atoms with van der Waals surface area (Å²) in [5, 5.41) is 0. The maximum Gasteiger partial charge on any atom is 0.134 e. The summed E-state index contributed by atoms with van der Waals surface area (Å²) < 4.78 is 6.24. The van der Waals surface area contributed by atoms with Crippen molar-refractivity contribution in [1.82, 2.24) is 4.90 Å². The number of hydrogen-bond acceptors (Lipinski definition) is 3. The number of rotatable bonds is 7. The monoisotopic (exact) mass is 448 g/mol. The molecule has 0 radical (unpaired) electrons. The highest BCUT2D eigenvalue weighted by atomic mass is 16.3. The van der Waals surface area contributed by atoms with Crippen molar-refractivity contribution < 1.29 is 4.42 Å². The average molecular weight is 449 g/mol. The molecule has 1 aliphatic rings. The first-order chi connectivity index (χ1) is 16.8. The van der Waals surface area contributed by atoms with Gasteiger partial charge in [-0.25, -0.2) is 0 Å². The second kappa shape index (κ2) is 10.7. The number of hydrogen-bond donors (Lipinski definition) is 0. The Hall–Kier alpha value is -3.43. The van der Waals surface area contributed by atoms with Gasteiger partial charge in [-0.05, 0) is 42.8 Å². The molecule has 1 aromatic heterocycles. The van der Waals surface area contributed by atoms with E-state index < -0.39 is 0 Å². The van der Waals surface area contributed by atoms with Crippen LogP contribution in [0.1, 0.15) is 36.1 Å². The predicted molar refractivity (Wildman–Crippen MR) is 140 cm³/mol. The molecule has 0 N–H and O–H groups in total. The highest BCUT2D eigenvalue weighted by Crippen LogP contribution is 2.39. The SMILES string of the molecule is CC=NC1CCN(Cc2ccc(-c3ccccc3)o2)CC1C(c1ccccc1)c1ccccc1. The fourth-order valence-electron chi connectivity index (χ4n) is 5.34. The molecule has 0 bridgehead atoms. The summed E-state index contributed by atoms with van der Waals surface area (Å²) in [5.41, 5.74) is 3.85. The molecule has 1 saturated heterocycles. The van der Waals surface area contributed by atoms with Crippen LogP contribution in [-0.2, 0) is 6.54 Å². The number of piperidine rings is 1. The van der Waals surface area contributed by atoms with Crippen LogP contribution in [0.15, 0.2) is 113 Å². The largest absolute Gasteiger partial charge is 0.460 e. The number of nitrogens with zero attached hydrogens (tertiary/aromatic N) is 2. The predicted octanol–water partition coefficient (Wildman–Crippen LogP) is 7.06. The third kappa shape index (κ3) is 5.05. The van der Waals surface area contributed by atoms with Gasteiger partial charge in [0.1, 0.15) is 11.5 Å². The lowest BCUT2D eigenvalue weighted by Gasteiger charge is -2.41. The molecule has 0 saturated carbocycles. The number of furan rings is 1. The van der Waals surface area contributed by atoms with Crippen LogP contribution in [0.5, 0.6) is 0 Å². The quantitative estimate of drug-likeness (QED) is 0.283. The minimum absolute atomic E-state index is 0.301. The van der Waals surface area contributed by atoms with E-state index in [4.69, 9.17) is 9.41 Å². The third-order valence-corrected chi connectivity index (χ3v) is 6.89. The molecule has 2 heterocycles. The van der Waals surface area contributed by atoms with E-state index in [0.717, 1.165) is 43.1 Å². The maximum absolute atomic E-state index is 6.24. The fraction of sp³-hybridized carbons (Fsp3) is 0.258. The van der Waals surface area contributed by atoms with Gasteiger partial charge in [-0.2, -0.15) is 0 Å². The molecule has 2 unspecified atom stereocenters. The van der Waals surface area contributed by atoms with E-state index in [0.29, 0.717) is 17.9 Å². The molecule has 4 aromatic rings. The summed E-state index contributed by atoms with van der Waals surface area (Å²) in [4.78, 5) is 7.49. The van der Waals surface area contributed by atoms with Gasteiger partial charge in [-0.1, -0.05) is 91.0 Å². The van der Waals surface area contributed by atoms with E-state index in [2.05, 4.69) is 102 Å². The molecule has 1 fully saturated rings. The van der Waals surface area contributed by atoms with Crippen molar-refractivity contribution in [3.05, 3.63) is 120 Å². The topological polar surface area (TPSA) is 28.7 Å². The van der Waals surface area contributed by atoms with Crippen molar-refractivity contribution in [1.29, 1.82) is 0 Å². The minimum Gasteiger partial charge on any atom is -0.460 e. The summed E-state index contributed by atoms with van der Waals surface area (Å²) in [6.45, 7) is 4.87. The Balaban J connectivity index is 1.41. The number of benzene rings is 3. The molecular weight excluding hydrogens is 416 g/mol. The molecule has 172 valence electrons. The molecule has 1 aliphatic heterocycles. The molecule has 3 heteroatoms. The summed E-state index contributed by atoms with van der Waals surface area (Å²) in [6.07, 6.45) is 3.04. The molecular formula is C31H32N2O. The Morgan fingerprint density at radius 2 is 1.47 bits per heavy atom. The van der Waals surface area contributed by atoms with Gasteiger partial charge in [-0.3, -0.25) is 9.89 Å². The van der Waals surface area contributed by atoms with Crippen LogP contribution in [0, 0.1) is 5.92 Å². The van der Waals surface area contributed by atoms with Crippen molar-refractivity contribution >= 4 is 6.21 Å². The molecule has 2 atom stereocenters. The first kappa shape index (κ1) is 22.4. The van der Waals surface area contributed by atoms with E-state index in [9.17, 15) is 0 Å². The van der Waals surface area contributed by atoms with Gasteiger partial charge < -0.3 is 4.42 Å². The van der Waals surface area contributed by atoms with E-state index >= 15 is 0 Å². The van der Waals surface area contributed by atoms with Crippen molar-refractivity contribution in [2.45, 2.75) is 31.8 Å². The summed E-state index contributed by atoms with van der Waals surface area (Å²) in [5.74, 6) is 2.64. The Kier molecular flexibility index (Phi) is 7.02. The second-order valence-corrected chi connectivity index (χ2v) is 9.09. The van der Waals surface area contributed by atoms with Gasteiger partial charge in [0.15, 0.2) is 0 Å². The smallest absolute Gasteiger partial charge is 0.134 e. The molecule has 34 heavy (non-hydrogen) atoms. The standard InChI is InChI=1S/C31H32N2O/c1-2-32-29-20-21-33(22-27-18-19-30(34-27)24-12-6-3-7-13-24)23-28(29)31(25-14-8-4-9-15-25)26-16-10-5-11-17-26/h2-19,28-29,31H,20-23H2,1H3. The summed E-state index contributed by atoms with van der Waals surface area (Å²) in [6, 6.07) is 36.7. The second-order valence-electron chi connectivity index (χ2n) is 9.09. The Labute approximate surface area is 202 Å². The normalized spacial score (nSPS) is 19.1. The first-order valence-electron chi connectivity index (χ1n) is 12.3. The van der Waals surface area contributed by atoms with E-state index in [-0.39, 0.29) is 0 Å². The molecule has 0 spiro atoms. The van der Waals surface area contributed by atoms with Gasteiger partial charge in [0, 0.05) is 30.5 Å². The fourth-order valence-corrected chi connectivity index (χ4v) is 5.34. The zero-order valence-corrected chi connectivity index (χ0v) is 19.8. The lowest BCUT2D eigenvalue weighted by Crippen LogP contribution is -2.44. The van der Waals surface area contributed by atoms with Gasteiger partial charge in [0.25, 0.3) is 0 Å². The molecule has 3 nitrogen and oxygen atoms in total. The van der Waals surface area contributed by atoms with Crippen molar-refractivity contribution in [3.63, 3.8) is 0 Å². The molecule has 3 aromatic carbocycles. The average Bonchev–Trinajstić information content (AvgIpc) is 3.36. The lowest BCUT2D eigenvalue weighted by atomic mass is 9.74. The molecule has 0 aliphatic carbocycles. The van der Waals surface area contributed by atoms with Gasteiger partial charge in [0.2, 0.25) is 0 Å². The minimum atomic E-state index is 0.301. The van der Waals surface area contributed by atoms with Crippen molar-refractivity contribution in [2.75, 3.05) is 13.1 Å². The van der Waals surface area contributed by atoms with Crippen LogP contribution in [0.4, 0.5) is 0 Å². The Morgan fingerprint density at radius 3 is 2.09 bits per heavy atom. The first-order valence-corrected chi connectivity index (χ1v) is 12.3. The van der Waals surface area contributed by atoms with Crippen LogP contribution in [0.25, 0.3) is 11.3 Å². The van der Waals surface area contributed by atoms with Crippen LogP contribution in [0.2, 0.25) is 0 Å².